The van der Waals surface area contributed by atoms with E-state index in [-0.39, 0.29) is 22.8 Å². The standard InChI is InChI=1S/C19H21F3N2O4S/c1-3-24(4-2)29(26,27)17-11-7-15(8-12-17)18(25)23-13-14-5-9-16(10-6-14)28-19(20,21)22/h5-12H,3-4,13H2,1-2H3,(H,23,25). The summed E-state index contributed by atoms with van der Waals surface area (Å²) >= 11 is 0. The van der Waals surface area contributed by atoms with Crippen molar-refractivity contribution in [2.45, 2.75) is 31.7 Å². The van der Waals surface area contributed by atoms with Gasteiger partial charge in [-0.3, -0.25) is 4.79 Å². The number of alkyl halides is 3. The Morgan fingerprint density at radius 2 is 1.55 bits per heavy atom. The van der Waals surface area contributed by atoms with Gasteiger partial charge in [-0.1, -0.05) is 26.0 Å². The van der Waals surface area contributed by atoms with E-state index in [9.17, 15) is 26.4 Å². The molecule has 158 valence electrons. The predicted octanol–water partition coefficient (Wildman–Crippen LogP) is 3.55. The Morgan fingerprint density at radius 3 is 2.03 bits per heavy atom. The Balaban J connectivity index is 1.99. The highest BCUT2D eigenvalue weighted by atomic mass is 32.2. The van der Waals surface area contributed by atoms with Crippen molar-refractivity contribution in [1.29, 1.82) is 0 Å². The first kappa shape index (κ1) is 22.7. The van der Waals surface area contributed by atoms with Crippen LogP contribution in [0.2, 0.25) is 0 Å². The molecule has 0 bridgehead atoms. The molecule has 2 aromatic carbocycles. The summed E-state index contributed by atoms with van der Waals surface area (Å²) in [6, 6.07) is 10.7. The van der Waals surface area contributed by atoms with Crippen molar-refractivity contribution in [3.8, 4) is 5.75 Å². The zero-order chi connectivity index (χ0) is 21.7. The van der Waals surface area contributed by atoms with Crippen molar-refractivity contribution < 1.29 is 31.1 Å². The SMILES string of the molecule is CCN(CC)S(=O)(=O)c1ccc(C(=O)NCc2ccc(OC(F)(F)F)cc2)cc1. The fourth-order valence-corrected chi connectivity index (χ4v) is 4.04. The Morgan fingerprint density at radius 1 is 1.00 bits per heavy atom. The van der Waals surface area contributed by atoms with Crippen LogP contribution in [0.4, 0.5) is 13.2 Å². The number of benzene rings is 2. The molecule has 0 fully saturated rings. The van der Waals surface area contributed by atoms with E-state index in [1.165, 1.54) is 40.7 Å². The molecule has 0 aliphatic heterocycles. The second-order valence-electron chi connectivity index (χ2n) is 5.99. The van der Waals surface area contributed by atoms with Crippen molar-refractivity contribution in [2.75, 3.05) is 13.1 Å². The van der Waals surface area contributed by atoms with Gasteiger partial charge in [0.1, 0.15) is 5.75 Å². The van der Waals surface area contributed by atoms with Crippen LogP contribution in [0.15, 0.2) is 53.4 Å². The van der Waals surface area contributed by atoms with Crippen molar-refractivity contribution >= 4 is 15.9 Å². The number of carbonyl (C=O) groups excluding carboxylic acids is 1. The summed E-state index contributed by atoms with van der Waals surface area (Å²) in [6.45, 7) is 4.25. The molecule has 0 aliphatic rings. The number of carbonyl (C=O) groups is 1. The summed E-state index contributed by atoms with van der Waals surface area (Å²) in [5.41, 5.74) is 0.842. The van der Waals surface area contributed by atoms with Gasteiger partial charge in [0.15, 0.2) is 0 Å². The summed E-state index contributed by atoms with van der Waals surface area (Å²) in [6.07, 6.45) is -4.76. The first-order valence-corrected chi connectivity index (χ1v) is 10.2. The van der Waals surface area contributed by atoms with E-state index in [0.29, 0.717) is 18.7 Å². The van der Waals surface area contributed by atoms with Crippen molar-refractivity contribution in [3.05, 3.63) is 59.7 Å². The van der Waals surface area contributed by atoms with Gasteiger partial charge in [-0.25, -0.2) is 8.42 Å². The van der Waals surface area contributed by atoms with Crippen LogP contribution in [0.1, 0.15) is 29.8 Å². The number of nitrogens with zero attached hydrogens (tertiary/aromatic N) is 1. The maximum Gasteiger partial charge on any atom is 0.573 e. The highest BCUT2D eigenvalue weighted by Gasteiger charge is 2.31. The van der Waals surface area contributed by atoms with E-state index in [1.54, 1.807) is 13.8 Å². The lowest BCUT2D eigenvalue weighted by Crippen LogP contribution is -2.30. The lowest BCUT2D eigenvalue weighted by atomic mass is 10.2. The third-order valence-corrected chi connectivity index (χ3v) is 6.13. The lowest BCUT2D eigenvalue weighted by molar-refractivity contribution is -0.274. The fraction of sp³-hybridized carbons (Fsp3) is 0.316. The van der Waals surface area contributed by atoms with Crippen LogP contribution in [0.25, 0.3) is 0 Å². The average molecular weight is 430 g/mol. The summed E-state index contributed by atoms with van der Waals surface area (Å²) in [4.78, 5) is 12.3. The molecule has 0 atom stereocenters. The predicted molar refractivity (Wildman–Crippen MR) is 101 cm³/mol. The van der Waals surface area contributed by atoms with Crippen LogP contribution < -0.4 is 10.1 Å². The number of amides is 1. The van der Waals surface area contributed by atoms with Gasteiger partial charge < -0.3 is 10.1 Å². The third kappa shape index (κ3) is 6.20. The molecule has 2 aromatic rings. The molecule has 1 amide bonds. The number of hydrogen-bond acceptors (Lipinski definition) is 4. The number of sulfonamides is 1. The van der Waals surface area contributed by atoms with Gasteiger partial charge in [0.25, 0.3) is 5.91 Å². The summed E-state index contributed by atoms with van der Waals surface area (Å²) in [5.74, 6) is -0.787. The molecule has 0 aliphatic carbocycles. The maximum atomic E-state index is 12.4. The van der Waals surface area contributed by atoms with Crippen molar-refractivity contribution in [2.24, 2.45) is 0 Å². The van der Waals surface area contributed by atoms with Crippen LogP contribution in [0.5, 0.6) is 5.75 Å². The number of hydrogen-bond donors (Lipinski definition) is 1. The zero-order valence-corrected chi connectivity index (χ0v) is 16.7. The van der Waals surface area contributed by atoms with E-state index in [2.05, 4.69) is 10.1 Å². The Hall–Kier alpha value is -2.59. The first-order chi connectivity index (χ1) is 13.6. The minimum atomic E-state index is -4.76. The minimum absolute atomic E-state index is 0.0879. The quantitative estimate of drug-likeness (QED) is 0.695. The number of rotatable bonds is 8. The van der Waals surface area contributed by atoms with Gasteiger partial charge in [-0.05, 0) is 42.0 Å². The van der Waals surface area contributed by atoms with Crippen LogP contribution >= 0.6 is 0 Å². The van der Waals surface area contributed by atoms with Crippen LogP contribution in [-0.4, -0.2) is 38.1 Å². The second-order valence-corrected chi connectivity index (χ2v) is 7.93. The maximum absolute atomic E-state index is 12.4. The number of nitrogens with one attached hydrogen (secondary N) is 1. The molecule has 0 saturated heterocycles. The van der Waals surface area contributed by atoms with E-state index >= 15 is 0 Å². The smallest absolute Gasteiger partial charge is 0.406 e. The third-order valence-electron chi connectivity index (χ3n) is 4.07. The van der Waals surface area contributed by atoms with E-state index in [1.807, 2.05) is 0 Å². The van der Waals surface area contributed by atoms with Gasteiger partial charge in [0.2, 0.25) is 10.0 Å². The van der Waals surface area contributed by atoms with Gasteiger partial charge in [0.05, 0.1) is 4.90 Å². The molecule has 0 radical (unpaired) electrons. The van der Waals surface area contributed by atoms with Gasteiger partial charge in [0, 0.05) is 25.2 Å². The molecule has 2 rings (SSSR count). The van der Waals surface area contributed by atoms with Gasteiger partial charge in [-0.15, -0.1) is 13.2 Å². The number of ether oxygens (including phenoxy) is 1. The fourth-order valence-electron chi connectivity index (χ4n) is 2.58. The molecule has 0 spiro atoms. The second kappa shape index (κ2) is 9.27. The monoisotopic (exact) mass is 430 g/mol. The topological polar surface area (TPSA) is 75.7 Å². The normalized spacial score (nSPS) is 12.1. The number of halogens is 3. The Labute approximate surface area is 167 Å². The molecule has 0 saturated carbocycles. The molecule has 6 nitrogen and oxygen atoms in total. The average Bonchev–Trinajstić information content (AvgIpc) is 2.67. The molecule has 10 heteroatoms. The highest BCUT2D eigenvalue weighted by molar-refractivity contribution is 7.89. The first-order valence-electron chi connectivity index (χ1n) is 8.80. The lowest BCUT2D eigenvalue weighted by Gasteiger charge is -2.18. The van der Waals surface area contributed by atoms with E-state index in [4.69, 9.17) is 0 Å². The van der Waals surface area contributed by atoms with Gasteiger partial charge >= 0.3 is 6.36 Å². The molecular formula is C19H21F3N2O4S. The zero-order valence-electron chi connectivity index (χ0n) is 15.9. The largest absolute Gasteiger partial charge is 0.573 e. The van der Waals surface area contributed by atoms with Crippen LogP contribution in [0, 0.1) is 0 Å². The van der Waals surface area contributed by atoms with Gasteiger partial charge in [-0.2, -0.15) is 4.31 Å². The van der Waals surface area contributed by atoms with Crippen LogP contribution in [0.3, 0.4) is 0 Å². The molecule has 29 heavy (non-hydrogen) atoms. The summed E-state index contributed by atoms with van der Waals surface area (Å²) < 4.78 is 66.4. The highest BCUT2D eigenvalue weighted by Crippen LogP contribution is 2.22. The van der Waals surface area contributed by atoms with Crippen molar-refractivity contribution in [3.63, 3.8) is 0 Å². The van der Waals surface area contributed by atoms with E-state index < -0.39 is 22.3 Å². The molecule has 1 N–H and O–H groups in total. The molecule has 0 heterocycles. The summed E-state index contributed by atoms with van der Waals surface area (Å²) in [5, 5.41) is 2.62. The van der Waals surface area contributed by atoms with Crippen molar-refractivity contribution in [1.82, 2.24) is 9.62 Å². The van der Waals surface area contributed by atoms with E-state index in [0.717, 1.165) is 12.1 Å². The summed E-state index contributed by atoms with van der Waals surface area (Å²) in [7, 11) is -3.61. The van der Waals surface area contributed by atoms with Crippen LogP contribution in [-0.2, 0) is 16.6 Å². The Kier molecular flexibility index (Phi) is 7.26. The molecule has 0 unspecified atom stereocenters. The molecular weight excluding hydrogens is 409 g/mol. The minimum Gasteiger partial charge on any atom is -0.406 e. The molecule has 0 aromatic heterocycles. The Bertz CT molecular complexity index is 923.